The highest BCUT2D eigenvalue weighted by Gasteiger charge is 2.20. The number of hydrogen-bond acceptors (Lipinski definition) is 3. The van der Waals surface area contributed by atoms with Gasteiger partial charge in [0.05, 0.1) is 12.8 Å². The van der Waals surface area contributed by atoms with Gasteiger partial charge >= 0.3 is 0 Å². The number of carbonyl (C=O) groups is 1. The fourth-order valence-electron chi connectivity index (χ4n) is 1.90. The van der Waals surface area contributed by atoms with Gasteiger partial charge in [-0.3, -0.25) is 4.79 Å². The third-order valence-electron chi connectivity index (χ3n) is 3.31. The van der Waals surface area contributed by atoms with Gasteiger partial charge in [-0.1, -0.05) is 43.7 Å². The molecule has 6 heteroatoms. The molecule has 1 amide bonds. The maximum Gasteiger partial charge on any atom is 0.235 e. The van der Waals surface area contributed by atoms with Crippen LogP contribution in [-0.2, 0) is 21.4 Å². The molecule has 0 saturated heterocycles. The fraction of sp³-hybridized carbons (Fsp3) is 0.562. The van der Waals surface area contributed by atoms with Crippen molar-refractivity contribution < 1.29 is 13.2 Å². The van der Waals surface area contributed by atoms with Crippen LogP contribution in [0.25, 0.3) is 0 Å². The van der Waals surface area contributed by atoms with E-state index in [4.69, 9.17) is 0 Å². The third kappa shape index (κ3) is 7.04. The van der Waals surface area contributed by atoms with E-state index in [1.807, 2.05) is 31.2 Å². The molecular weight excluding hydrogens is 300 g/mol. The molecule has 0 radical (unpaired) electrons. The number of nitrogens with one attached hydrogen (secondary N) is 1. The van der Waals surface area contributed by atoms with Crippen molar-refractivity contribution in [2.24, 2.45) is 5.92 Å². The van der Waals surface area contributed by atoms with Gasteiger partial charge in [-0.05, 0) is 24.8 Å². The highest BCUT2D eigenvalue weighted by Crippen LogP contribution is 2.09. The van der Waals surface area contributed by atoms with Gasteiger partial charge in [0.15, 0.2) is 0 Å². The molecule has 0 fully saturated rings. The van der Waals surface area contributed by atoms with Crippen molar-refractivity contribution in [2.45, 2.75) is 33.7 Å². The van der Waals surface area contributed by atoms with Gasteiger partial charge < -0.3 is 5.32 Å². The molecule has 22 heavy (non-hydrogen) atoms. The summed E-state index contributed by atoms with van der Waals surface area (Å²) in [4.78, 5) is 11.9. The molecule has 0 aromatic heterocycles. The SMILES string of the molecule is Cc1ccc(CN(CC(=O)NCCC(C)C)S(C)(=O)=O)cc1. The number of amides is 1. The molecule has 0 saturated carbocycles. The Balaban J connectivity index is 2.65. The molecule has 0 unspecified atom stereocenters. The lowest BCUT2D eigenvalue weighted by molar-refractivity contribution is -0.121. The quantitative estimate of drug-likeness (QED) is 0.793. The highest BCUT2D eigenvalue weighted by molar-refractivity contribution is 7.88. The summed E-state index contributed by atoms with van der Waals surface area (Å²) in [6, 6.07) is 7.62. The van der Waals surface area contributed by atoms with Gasteiger partial charge in [0, 0.05) is 13.1 Å². The first-order valence-corrected chi connectivity index (χ1v) is 9.30. The number of rotatable bonds is 8. The zero-order valence-electron chi connectivity index (χ0n) is 13.8. The van der Waals surface area contributed by atoms with Crippen molar-refractivity contribution in [3.63, 3.8) is 0 Å². The normalized spacial score (nSPS) is 11.9. The van der Waals surface area contributed by atoms with Gasteiger partial charge in [0.1, 0.15) is 0 Å². The molecule has 1 aromatic carbocycles. The Hall–Kier alpha value is -1.40. The predicted octanol–water partition coefficient (Wildman–Crippen LogP) is 1.92. The monoisotopic (exact) mass is 326 g/mol. The van der Waals surface area contributed by atoms with E-state index in [0.29, 0.717) is 12.5 Å². The molecule has 0 aliphatic rings. The predicted molar refractivity (Wildman–Crippen MR) is 88.9 cm³/mol. The Bertz CT molecular complexity index is 580. The molecule has 0 heterocycles. The van der Waals surface area contributed by atoms with E-state index in [9.17, 15) is 13.2 Å². The van der Waals surface area contributed by atoms with Crippen molar-refractivity contribution in [2.75, 3.05) is 19.3 Å². The van der Waals surface area contributed by atoms with E-state index >= 15 is 0 Å². The summed E-state index contributed by atoms with van der Waals surface area (Å²) in [6.07, 6.45) is 2.01. The Labute approximate surface area is 133 Å². The molecule has 0 spiro atoms. The summed E-state index contributed by atoms with van der Waals surface area (Å²) >= 11 is 0. The molecule has 0 bridgehead atoms. The van der Waals surface area contributed by atoms with E-state index in [-0.39, 0.29) is 19.0 Å². The van der Waals surface area contributed by atoms with Crippen LogP contribution < -0.4 is 5.32 Å². The number of aryl methyl sites for hydroxylation is 1. The summed E-state index contributed by atoms with van der Waals surface area (Å²) in [6.45, 7) is 6.75. The molecule has 124 valence electrons. The van der Waals surface area contributed by atoms with Crippen LogP contribution in [0, 0.1) is 12.8 Å². The largest absolute Gasteiger partial charge is 0.355 e. The zero-order chi connectivity index (χ0) is 16.8. The molecule has 5 nitrogen and oxygen atoms in total. The molecule has 0 aliphatic carbocycles. The first-order valence-electron chi connectivity index (χ1n) is 7.46. The van der Waals surface area contributed by atoms with E-state index in [1.54, 1.807) is 0 Å². The van der Waals surface area contributed by atoms with Crippen molar-refractivity contribution in [3.8, 4) is 0 Å². The van der Waals surface area contributed by atoms with Crippen LogP contribution in [0.4, 0.5) is 0 Å². The number of benzene rings is 1. The standard InChI is InChI=1S/C16H26N2O3S/c1-13(2)9-10-17-16(19)12-18(22(4,20)21)11-15-7-5-14(3)6-8-15/h5-8,13H,9-12H2,1-4H3,(H,17,19). The smallest absolute Gasteiger partial charge is 0.235 e. The third-order valence-corrected chi connectivity index (χ3v) is 4.51. The topological polar surface area (TPSA) is 66.5 Å². The number of nitrogens with zero attached hydrogens (tertiary/aromatic N) is 1. The Kier molecular flexibility index (Phi) is 7.03. The number of carbonyl (C=O) groups excluding carboxylic acids is 1. The second-order valence-electron chi connectivity index (χ2n) is 6.05. The minimum Gasteiger partial charge on any atom is -0.355 e. The van der Waals surface area contributed by atoms with Crippen LogP contribution in [-0.4, -0.2) is 38.0 Å². The molecule has 1 N–H and O–H groups in total. The van der Waals surface area contributed by atoms with Crippen LogP contribution in [0.15, 0.2) is 24.3 Å². The van der Waals surface area contributed by atoms with E-state index in [1.165, 1.54) is 4.31 Å². The van der Waals surface area contributed by atoms with Gasteiger partial charge in [-0.25, -0.2) is 8.42 Å². The lowest BCUT2D eigenvalue weighted by Crippen LogP contribution is -2.40. The van der Waals surface area contributed by atoms with Gasteiger partial charge in [0.25, 0.3) is 0 Å². The summed E-state index contributed by atoms with van der Waals surface area (Å²) < 4.78 is 24.9. The second-order valence-corrected chi connectivity index (χ2v) is 8.03. The van der Waals surface area contributed by atoms with Gasteiger partial charge in [-0.15, -0.1) is 0 Å². The Morgan fingerprint density at radius 2 is 1.82 bits per heavy atom. The molecule has 1 aromatic rings. The van der Waals surface area contributed by atoms with Crippen LogP contribution in [0.1, 0.15) is 31.4 Å². The van der Waals surface area contributed by atoms with E-state index < -0.39 is 10.0 Å². The van der Waals surface area contributed by atoms with Crippen molar-refractivity contribution >= 4 is 15.9 Å². The molecule has 0 atom stereocenters. The maximum atomic E-state index is 11.9. The molecular formula is C16H26N2O3S. The van der Waals surface area contributed by atoms with Crippen molar-refractivity contribution in [3.05, 3.63) is 35.4 Å². The van der Waals surface area contributed by atoms with Crippen LogP contribution in [0.3, 0.4) is 0 Å². The first kappa shape index (κ1) is 18.6. The minimum absolute atomic E-state index is 0.148. The lowest BCUT2D eigenvalue weighted by atomic mass is 10.1. The van der Waals surface area contributed by atoms with E-state index in [0.717, 1.165) is 23.8 Å². The Morgan fingerprint density at radius 3 is 2.32 bits per heavy atom. The molecule has 0 aliphatic heterocycles. The van der Waals surface area contributed by atoms with Crippen molar-refractivity contribution in [1.29, 1.82) is 0 Å². The summed E-state index contributed by atoms with van der Waals surface area (Å²) in [7, 11) is -3.44. The van der Waals surface area contributed by atoms with Crippen LogP contribution in [0.5, 0.6) is 0 Å². The van der Waals surface area contributed by atoms with Crippen LogP contribution in [0.2, 0.25) is 0 Å². The Morgan fingerprint density at radius 1 is 1.23 bits per heavy atom. The summed E-state index contributed by atoms with van der Waals surface area (Å²) in [5, 5.41) is 2.77. The summed E-state index contributed by atoms with van der Waals surface area (Å²) in [5.41, 5.74) is 1.98. The lowest BCUT2D eigenvalue weighted by Gasteiger charge is -2.20. The summed E-state index contributed by atoms with van der Waals surface area (Å²) in [5.74, 6) is 0.233. The number of hydrogen-bond donors (Lipinski definition) is 1. The zero-order valence-corrected chi connectivity index (χ0v) is 14.6. The van der Waals surface area contributed by atoms with E-state index in [2.05, 4.69) is 19.2 Å². The van der Waals surface area contributed by atoms with Crippen molar-refractivity contribution in [1.82, 2.24) is 9.62 Å². The van der Waals surface area contributed by atoms with Gasteiger partial charge in [-0.2, -0.15) is 4.31 Å². The van der Waals surface area contributed by atoms with Gasteiger partial charge in [0.2, 0.25) is 15.9 Å². The minimum atomic E-state index is -3.44. The van der Waals surface area contributed by atoms with Crippen LogP contribution >= 0.6 is 0 Å². The average molecular weight is 326 g/mol. The molecule has 1 rings (SSSR count). The first-order chi connectivity index (χ1) is 10.2. The second kappa shape index (κ2) is 8.29. The average Bonchev–Trinajstić information content (AvgIpc) is 2.39. The number of sulfonamides is 1. The highest BCUT2D eigenvalue weighted by atomic mass is 32.2. The maximum absolute atomic E-state index is 11.9. The fourth-order valence-corrected chi connectivity index (χ4v) is 2.64.